The molecule has 15 heteroatoms. The first-order valence-electron chi connectivity index (χ1n) is 14.9. The van der Waals surface area contributed by atoms with E-state index < -0.39 is 23.4 Å². The second-order valence-corrected chi connectivity index (χ2v) is 12.5. The molecule has 0 spiro atoms. The van der Waals surface area contributed by atoms with Gasteiger partial charge in [-0.05, 0) is 64.9 Å². The predicted molar refractivity (Wildman–Crippen MR) is 161 cm³/mol. The molecule has 0 saturated carbocycles. The van der Waals surface area contributed by atoms with Gasteiger partial charge in [0.1, 0.15) is 12.1 Å². The third-order valence-corrected chi connectivity index (χ3v) is 9.25. The molecule has 1 N–H and O–H groups in total. The first-order chi connectivity index (χ1) is 21.4. The lowest BCUT2D eigenvalue weighted by atomic mass is 10.1. The van der Waals surface area contributed by atoms with Crippen molar-refractivity contribution in [2.24, 2.45) is 0 Å². The maximum atomic E-state index is 15.8. The van der Waals surface area contributed by atoms with E-state index in [-0.39, 0.29) is 52.5 Å². The highest BCUT2D eigenvalue weighted by Gasteiger charge is 2.33. The summed E-state index contributed by atoms with van der Waals surface area (Å²) in [5, 5.41) is 3.11. The largest absolute Gasteiger partial charge is 0.466 e. The summed E-state index contributed by atoms with van der Waals surface area (Å²) < 4.78 is 75.8. The number of esters is 1. The second-order valence-electron chi connectivity index (χ2n) is 11.4. The minimum Gasteiger partial charge on any atom is -0.466 e. The molecular formula is C30H36F5N7O2S. The smallest absolute Gasteiger partial charge is 0.416 e. The molecule has 0 bridgehead atoms. The van der Waals surface area contributed by atoms with Crippen molar-refractivity contribution in [3.63, 3.8) is 0 Å². The zero-order valence-corrected chi connectivity index (χ0v) is 26.1. The molecule has 1 aromatic carbocycles. The molecule has 4 heterocycles. The van der Waals surface area contributed by atoms with Crippen LogP contribution < -0.4 is 10.2 Å². The van der Waals surface area contributed by atoms with Crippen molar-refractivity contribution in [1.29, 1.82) is 0 Å². The van der Waals surface area contributed by atoms with Gasteiger partial charge in [-0.3, -0.25) is 9.69 Å². The van der Waals surface area contributed by atoms with Gasteiger partial charge in [-0.25, -0.2) is 19.3 Å². The summed E-state index contributed by atoms with van der Waals surface area (Å²) in [6.45, 7) is 6.94. The monoisotopic (exact) mass is 653 g/mol. The first kappa shape index (κ1) is 32.9. The number of carbonyl (C=O) groups is 1. The van der Waals surface area contributed by atoms with Gasteiger partial charge in [0, 0.05) is 48.7 Å². The molecule has 2 fully saturated rings. The van der Waals surface area contributed by atoms with E-state index in [1.165, 1.54) is 17.7 Å². The number of anilines is 3. The van der Waals surface area contributed by atoms with Crippen molar-refractivity contribution in [2.45, 2.75) is 64.3 Å². The number of aromatic nitrogens is 3. The van der Waals surface area contributed by atoms with Crippen LogP contribution in [0.3, 0.4) is 0 Å². The van der Waals surface area contributed by atoms with Crippen LogP contribution in [0.4, 0.5) is 38.7 Å². The van der Waals surface area contributed by atoms with Crippen molar-refractivity contribution in [1.82, 2.24) is 24.8 Å². The maximum Gasteiger partial charge on any atom is 0.416 e. The molecule has 0 aliphatic carbocycles. The van der Waals surface area contributed by atoms with Crippen molar-refractivity contribution in [3.05, 3.63) is 46.6 Å². The topological polar surface area (TPSA) is 86.7 Å². The predicted octanol–water partition coefficient (Wildman–Crippen LogP) is 6.09. The minimum atomic E-state index is -4.73. The van der Waals surface area contributed by atoms with E-state index in [9.17, 15) is 22.4 Å². The van der Waals surface area contributed by atoms with E-state index in [0.717, 1.165) is 37.9 Å². The first-order valence-corrected chi connectivity index (χ1v) is 15.7. The van der Waals surface area contributed by atoms with Gasteiger partial charge in [0.2, 0.25) is 5.82 Å². The highest BCUT2D eigenvalue weighted by atomic mass is 32.1. The number of alkyl halides is 3. The van der Waals surface area contributed by atoms with Crippen LogP contribution in [0.2, 0.25) is 0 Å². The molecule has 2 aliphatic rings. The summed E-state index contributed by atoms with van der Waals surface area (Å²) >= 11 is 1.17. The van der Waals surface area contributed by atoms with Crippen LogP contribution in [-0.4, -0.2) is 82.6 Å². The molecule has 2 atom stereocenters. The molecule has 2 aromatic heterocycles. The van der Waals surface area contributed by atoms with Crippen molar-refractivity contribution in [3.8, 4) is 11.3 Å². The minimum absolute atomic E-state index is 0.00694. The van der Waals surface area contributed by atoms with Gasteiger partial charge in [-0.1, -0.05) is 11.3 Å². The van der Waals surface area contributed by atoms with E-state index in [1.54, 1.807) is 6.92 Å². The normalized spacial score (nSPS) is 19.1. The van der Waals surface area contributed by atoms with Crippen molar-refractivity contribution < 1.29 is 31.5 Å². The Bertz CT molecular complexity index is 1500. The molecule has 3 aromatic rings. The lowest BCUT2D eigenvalue weighted by Gasteiger charge is -2.24. The number of nitrogens with zero attached hydrogens (tertiary/aromatic N) is 6. The Morgan fingerprint density at radius 2 is 1.98 bits per heavy atom. The van der Waals surface area contributed by atoms with E-state index in [4.69, 9.17) is 4.74 Å². The van der Waals surface area contributed by atoms with Gasteiger partial charge in [-0.15, -0.1) is 0 Å². The number of thiazole rings is 1. The van der Waals surface area contributed by atoms with Crippen molar-refractivity contribution in [2.75, 3.05) is 50.1 Å². The molecule has 0 unspecified atom stereocenters. The Balaban J connectivity index is 1.37. The van der Waals surface area contributed by atoms with Gasteiger partial charge in [0.05, 0.1) is 24.3 Å². The SMILES string of the molecule is CCOC(=O)CCN(C)[C@H]1CCN(c2ncnc(Nc3nc(-c4cc(F)cc(C(F)(F)F)c4)c(CN4CCC[C@H]4C)s3)c2F)C1. The van der Waals surface area contributed by atoms with Gasteiger partial charge >= 0.3 is 12.1 Å². The summed E-state index contributed by atoms with van der Waals surface area (Å²) in [6, 6.07) is 2.72. The summed E-state index contributed by atoms with van der Waals surface area (Å²) in [5.74, 6) is -2.00. The third kappa shape index (κ3) is 7.87. The average molecular weight is 654 g/mol. The summed E-state index contributed by atoms with van der Waals surface area (Å²) in [6.07, 6.45) is -0.507. The fourth-order valence-corrected chi connectivity index (χ4v) is 6.80. The number of nitrogens with one attached hydrogen (secondary N) is 1. The maximum absolute atomic E-state index is 15.8. The molecule has 0 radical (unpaired) electrons. The molecule has 45 heavy (non-hydrogen) atoms. The van der Waals surface area contributed by atoms with Gasteiger partial charge in [0.25, 0.3) is 0 Å². The Hall–Kier alpha value is -3.43. The lowest BCUT2D eigenvalue weighted by Crippen LogP contribution is -2.36. The van der Waals surface area contributed by atoms with E-state index in [2.05, 4.69) is 32.1 Å². The van der Waals surface area contributed by atoms with Gasteiger partial charge < -0.3 is 19.9 Å². The summed E-state index contributed by atoms with van der Waals surface area (Å²) in [4.78, 5) is 31.2. The van der Waals surface area contributed by atoms with E-state index in [0.29, 0.717) is 43.7 Å². The Morgan fingerprint density at radius 1 is 1.18 bits per heavy atom. The lowest BCUT2D eigenvalue weighted by molar-refractivity contribution is -0.143. The van der Waals surface area contributed by atoms with Crippen LogP contribution in [0.15, 0.2) is 24.5 Å². The molecule has 244 valence electrons. The number of carbonyl (C=O) groups excluding carboxylic acids is 1. The number of hydrogen-bond acceptors (Lipinski definition) is 10. The van der Waals surface area contributed by atoms with Crippen LogP contribution in [-0.2, 0) is 22.3 Å². The number of hydrogen-bond donors (Lipinski definition) is 1. The number of benzene rings is 1. The number of halogens is 5. The zero-order chi connectivity index (χ0) is 32.3. The Morgan fingerprint density at radius 3 is 2.69 bits per heavy atom. The Kier molecular flexibility index (Phi) is 10.2. The standard InChI is InChI=1S/C30H36F5N7O2S/c1-4-44-24(43)8-10-40(3)22-7-11-42(15-22)28-25(32)27(36-17-37-28)39-29-38-26(23(45-29)16-41-9-5-6-18(41)2)19-12-20(30(33,34)35)14-21(31)13-19/h12-14,17-18,22H,4-11,15-16H2,1-3H3,(H,36,37,38,39)/t18-,22+/m1/s1. The average Bonchev–Trinajstić information content (AvgIpc) is 3.73. The number of ether oxygens (including phenoxy) is 1. The van der Waals surface area contributed by atoms with Crippen LogP contribution in [0.25, 0.3) is 11.3 Å². The summed E-state index contributed by atoms with van der Waals surface area (Å²) in [5.41, 5.74) is -0.913. The molecule has 2 aliphatic heterocycles. The fraction of sp³-hybridized carbons (Fsp3) is 0.533. The van der Waals surface area contributed by atoms with Gasteiger partial charge in [0.15, 0.2) is 16.8 Å². The van der Waals surface area contributed by atoms with E-state index in [1.807, 2.05) is 16.8 Å². The van der Waals surface area contributed by atoms with E-state index >= 15 is 4.39 Å². The van der Waals surface area contributed by atoms with Crippen molar-refractivity contribution >= 4 is 34.1 Å². The van der Waals surface area contributed by atoms with Crippen LogP contribution in [0.5, 0.6) is 0 Å². The number of likely N-dealkylation sites (tertiary alicyclic amines) is 1. The molecular weight excluding hydrogens is 617 g/mol. The Labute approximate surface area is 262 Å². The zero-order valence-electron chi connectivity index (χ0n) is 25.3. The number of rotatable bonds is 11. The number of likely N-dealkylation sites (N-methyl/N-ethyl adjacent to an activating group) is 1. The van der Waals surface area contributed by atoms with Gasteiger partial charge in [-0.2, -0.15) is 17.6 Å². The molecule has 5 rings (SSSR count). The molecule has 0 amide bonds. The highest BCUT2D eigenvalue weighted by Crippen LogP contribution is 2.39. The van der Waals surface area contributed by atoms with Crippen LogP contribution in [0.1, 0.15) is 50.0 Å². The third-order valence-electron chi connectivity index (χ3n) is 8.29. The second kappa shape index (κ2) is 13.9. The molecule has 9 nitrogen and oxygen atoms in total. The van der Waals surface area contributed by atoms with Crippen LogP contribution >= 0.6 is 11.3 Å². The quantitative estimate of drug-likeness (QED) is 0.195. The highest BCUT2D eigenvalue weighted by molar-refractivity contribution is 7.16. The summed E-state index contributed by atoms with van der Waals surface area (Å²) in [7, 11) is 1.91. The molecule has 2 saturated heterocycles. The fourth-order valence-electron chi connectivity index (χ4n) is 5.79. The van der Waals surface area contributed by atoms with Crippen LogP contribution in [0, 0.1) is 11.6 Å².